The Morgan fingerprint density at radius 2 is 2.03 bits per heavy atom. The van der Waals surface area contributed by atoms with Crippen LogP contribution in [-0.4, -0.2) is 73.2 Å². The number of allylic oxidation sites excluding steroid dienone is 1. The number of hydrogen-bond donors (Lipinski definition) is 2. The van der Waals surface area contributed by atoms with Crippen molar-refractivity contribution in [1.82, 2.24) is 20.1 Å². The average Bonchev–Trinajstić information content (AvgIpc) is 2.78. The van der Waals surface area contributed by atoms with Crippen LogP contribution < -0.4 is 11.1 Å². The Bertz CT molecular complexity index is 871. The number of nitrogens with zero attached hydrogens (tertiary/aromatic N) is 4. The summed E-state index contributed by atoms with van der Waals surface area (Å²) in [4.78, 5) is 15.4. The fraction of sp³-hybridized carbons (Fsp3) is 0.391. The maximum Gasteiger partial charge on any atom is 0.150 e. The van der Waals surface area contributed by atoms with Gasteiger partial charge in [0, 0.05) is 38.3 Å². The Hall–Kier alpha value is -3.08. The minimum absolute atomic E-state index is 0.588. The Morgan fingerprint density at radius 1 is 1.30 bits per heavy atom. The molecule has 1 aromatic rings. The second kappa shape index (κ2) is 10.6. The number of piperazine rings is 1. The van der Waals surface area contributed by atoms with Gasteiger partial charge in [0.05, 0.1) is 36.5 Å². The van der Waals surface area contributed by atoms with Gasteiger partial charge in [-0.15, -0.1) is 5.92 Å². The van der Waals surface area contributed by atoms with Gasteiger partial charge >= 0.3 is 0 Å². The van der Waals surface area contributed by atoms with Crippen LogP contribution in [0.15, 0.2) is 53.0 Å². The molecule has 0 amide bonds. The van der Waals surface area contributed by atoms with Crippen molar-refractivity contribution in [3.63, 3.8) is 0 Å². The van der Waals surface area contributed by atoms with Crippen LogP contribution in [0.3, 0.4) is 0 Å². The number of aldehydes is 1. The Labute approximate surface area is 178 Å². The van der Waals surface area contributed by atoms with Crippen LogP contribution in [0.1, 0.15) is 22.8 Å². The number of nitrogens with two attached hydrogens (primary N) is 1. The summed E-state index contributed by atoms with van der Waals surface area (Å²) in [6.45, 7) is 12.1. The number of hydrazone groups is 1. The highest BCUT2D eigenvalue weighted by Gasteiger charge is 2.25. The van der Waals surface area contributed by atoms with Crippen LogP contribution >= 0.6 is 0 Å². The predicted octanol–water partition coefficient (Wildman–Crippen LogP) is 1.22. The summed E-state index contributed by atoms with van der Waals surface area (Å²) < 4.78 is 0. The van der Waals surface area contributed by atoms with Gasteiger partial charge in [-0.1, -0.05) is 36.8 Å². The van der Waals surface area contributed by atoms with E-state index in [2.05, 4.69) is 38.6 Å². The van der Waals surface area contributed by atoms with E-state index in [1.165, 1.54) is 0 Å². The van der Waals surface area contributed by atoms with Gasteiger partial charge in [0.25, 0.3) is 0 Å². The predicted molar refractivity (Wildman–Crippen MR) is 121 cm³/mol. The van der Waals surface area contributed by atoms with E-state index >= 15 is 0 Å². The molecule has 0 saturated carbocycles. The lowest BCUT2D eigenvalue weighted by Gasteiger charge is -2.38. The molecule has 7 nitrogen and oxygen atoms in total. The van der Waals surface area contributed by atoms with Gasteiger partial charge < -0.3 is 16.0 Å². The summed E-state index contributed by atoms with van der Waals surface area (Å²) in [6, 6.07) is 7.61. The molecule has 0 aliphatic carbocycles. The third kappa shape index (κ3) is 5.50. The summed E-state index contributed by atoms with van der Waals surface area (Å²) in [6.07, 6.45) is 3.34. The third-order valence-electron chi connectivity index (χ3n) is 5.27. The summed E-state index contributed by atoms with van der Waals surface area (Å²) in [7, 11) is 0. The lowest BCUT2D eigenvalue weighted by molar-refractivity contribution is 0.112. The molecule has 3 rings (SSSR count). The van der Waals surface area contributed by atoms with Crippen molar-refractivity contribution in [3.05, 3.63) is 59.1 Å². The first-order chi connectivity index (χ1) is 14.6. The number of rotatable bonds is 8. The number of nitrogens with one attached hydrogen (secondary N) is 1. The van der Waals surface area contributed by atoms with Crippen molar-refractivity contribution >= 4 is 12.5 Å². The zero-order valence-electron chi connectivity index (χ0n) is 17.6. The van der Waals surface area contributed by atoms with Gasteiger partial charge in [-0.25, -0.2) is 0 Å². The highest BCUT2D eigenvalue weighted by atomic mass is 16.1. The van der Waals surface area contributed by atoms with Crippen LogP contribution in [0.2, 0.25) is 0 Å². The van der Waals surface area contributed by atoms with Gasteiger partial charge in [-0.2, -0.15) is 5.10 Å². The Balaban J connectivity index is 1.70. The van der Waals surface area contributed by atoms with E-state index in [1.54, 1.807) is 6.21 Å². The molecule has 3 N–H and O–H groups in total. The van der Waals surface area contributed by atoms with Crippen molar-refractivity contribution in [2.75, 3.05) is 45.9 Å². The van der Waals surface area contributed by atoms with Gasteiger partial charge in [-0.05, 0) is 18.9 Å². The van der Waals surface area contributed by atoms with E-state index in [1.807, 2.05) is 36.2 Å². The monoisotopic (exact) mass is 406 g/mol. The molecule has 1 saturated heterocycles. The minimum Gasteiger partial charge on any atom is -0.396 e. The Morgan fingerprint density at radius 3 is 2.70 bits per heavy atom. The van der Waals surface area contributed by atoms with E-state index in [-0.39, 0.29) is 0 Å². The molecular formula is C23H30N6O. The van der Waals surface area contributed by atoms with E-state index in [0.717, 1.165) is 62.5 Å². The second-order valence-corrected chi connectivity index (χ2v) is 7.36. The normalized spacial score (nSPS) is 17.0. The van der Waals surface area contributed by atoms with Crippen molar-refractivity contribution in [1.29, 1.82) is 0 Å². The van der Waals surface area contributed by atoms with E-state index in [9.17, 15) is 4.79 Å². The van der Waals surface area contributed by atoms with Crippen molar-refractivity contribution in [2.45, 2.75) is 13.3 Å². The molecule has 0 radical (unpaired) electrons. The first kappa shape index (κ1) is 21.6. The van der Waals surface area contributed by atoms with Crippen LogP contribution in [0.4, 0.5) is 0 Å². The zero-order chi connectivity index (χ0) is 21.3. The molecule has 0 aromatic heterocycles. The number of carbonyl (C=O) groups is 1. The van der Waals surface area contributed by atoms with Crippen LogP contribution in [-0.2, 0) is 6.42 Å². The maximum absolute atomic E-state index is 10.8. The van der Waals surface area contributed by atoms with Gasteiger partial charge in [-0.3, -0.25) is 14.7 Å². The first-order valence-corrected chi connectivity index (χ1v) is 10.2. The smallest absolute Gasteiger partial charge is 0.150 e. The molecule has 2 heterocycles. The highest BCUT2D eigenvalue weighted by molar-refractivity contribution is 5.80. The summed E-state index contributed by atoms with van der Waals surface area (Å²) in [5.41, 5.74) is 10.4. The maximum atomic E-state index is 10.8. The fourth-order valence-electron chi connectivity index (χ4n) is 3.58. The quantitative estimate of drug-likeness (QED) is 0.499. The number of benzene rings is 1. The van der Waals surface area contributed by atoms with Gasteiger partial charge in [0.15, 0.2) is 0 Å². The lowest BCUT2D eigenvalue weighted by atomic mass is 10.1. The number of carbonyl (C=O) groups excluding carboxylic acids is 1. The molecular weight excluding hydrogens is 376 g/mol. The highest BCUT2D eigenvalue weighted by Crippen LogP contribution is 2.24. The third-order valence-corrected chi connectivity index (χ3v) is 5.27. The summed E-state index contributed by atoms with van der Waals surface area (Å²) >= 11 is 0. The molecule has 158 valence electrons. The fourth-order valence-corrected chi connectivity index (χ4v) is 3.58. The first-order valence-electron chi connectivity index (χ1n) is 10.2. The molecule has 0 spiro atoms. The van der Waals surface area contributed by atoms with Crippen molar-refractivity contribution < 1.29 is 4.79 Å². The lowest BCUT2D eigenvalue weighted by Crippen LogP contribution is -2.49. The molecule has 7 heteroatoms. The van der Waals surface area contributed by atoms with E-state index in [4.69, 9.17) is 5.73 Å². The van der Waals surface area contributed by atoms with Gasteiger partial charge in [0.2, 0.25) is 0 Å². The van der Waals surface area contributed by atoms with E-state index in [0.29, 0.717) is 24.4 Å². The molecule has 2 aliphatic heterocycles. The molecule has 1 fully saturated rings. The van der Waals surface area contributed by atoms with Crippen molar-refractivity contribution in [2.24, 2.45) is 10.8 Å². The molecule has 0 unspecified atom stereocenters. The van der Waals surface area contributed by atoms with E-state index < -0.39 is 0 Å². The number of hydrogen-bond acceptors (Lipinski definition) is 7. The molecule has 30 heavy (non-hydrogen) atoms. The van der Waals surface area contributed by atoms with Crippen LogP contribution in [0.25, 0.3) is 0 Å². The van der Waals surface area contributed by atoms with Crippen molar-refractivity contribution in [3.8, 4) is 11.8 Å². The Kier molecular flexibility index (Phi) is 7.66. The average molecular weight is 407 g/mol. The summed E-state index contributed by atoms with van der Waals surface area (Å²) in [5.74, 6) is 6.15. The topological polar surface area (TPSA) is 77.2 Å². The SMILES string of the molecule is C=C1C(N(CC#CC)CN2CCNCC2)=C(N)C=NN1CCc1ccc(C=O)cc1. The van der Waals surface area contributed by atoms with Crippen LogP contribution in [0, 0.1) is 11.8 Å². The van der Waals surface area contributed by atoms with Crippen LogP contribution in [0.5, 0.6) is 0 Å². The zero-order valence-corrected chi connectivity index (χ0v) is 17.6. The summed E-state index contributed by atoms with van der Waals surface area (Å²) in [5, 5.41) is 9.76. The minimum atomic E-state index is 0.588. The molecule has 2 aliphatic rings. The second-order valence-electron chi connectivity index (χ2n) is 7.36. The molecule has 0 bridgehead atoms. The molecule has 1 aromatic carbocycles. The van der Waals surface area contributed by atoms with Gasteiger partial charge in [0.1, 0.15) is 6.29 Å². The molecule has 0 atom stereocenters. The standard InChI is InChI=1S/C23H30N6O/c1-3-4-12-28(18-27-14-10-25-11-15-27)23-19(2)29(26-16-22(23)24)13-9-20-5-7-21(17-30)8-6-20/h5-8,16-17,25H,2,9-15,18,24H2,1H3. The largest absolute Gasteiger partial charge is 0.396 e.